The second-order valence-corrected chi connectivity index (χ2v) is 11.4. The highest BCUT2D eigenvalue weighted by Crippen LogP contribution is 2.30. The summed E-state index contributed by atoms with van der Waals surface area (Å²) < 4.78 is 12.7. The van der Waals surface area contributed by atoms with Crippen molar-refractivity contribution in [2.75, 3.05) is 24.9 Å². The van der Waals surface area contributed by atoms with E-state index < -0.39 is 35.5 Å². The Hall–Kier alpha value is -7.52. The molecule has 0 aliphatic heterocycles. The zero-order chi connectivity index (χ0) is 38.1. The number of nitriles is 2. The van der Waals surface area contributed by atoms with Gasteiger partial charge in [-0.3, -0.25) is 19.2 Å². The van der Waals surface area contributed by atoms with Gasteiger partial charge in [-0.2, -0.15) is 40.3 Å². The number of methoxy groups -OCH3 is 2. The number of rotatable bonds is 14. The fourth-order valence-corrected chi connectivity index (χ4v) is 5.22. The maximum absolute atomic E-state index is 13.0. The smallest absolute Gasteiger partial charge is 0.258 e. The Morgan fingerprint density at radius 2 is 1.11 bits per heavy atom. The van der Waals surface area contributed by atoms with Gasteiger partial charge >= 0.3 is 0 Å². The first-order chi connectivity index (χ1) is 25.6. The third-order valence-corrected chi connectivity index (χ3v) is 7.90. The molecule has 0 aliphatic carbocycles. The highest BCUT2D eigenvalue weighted by molar-refractivity contribution is 7.16. The van der Waals surface area contributed by atoms with Gasteiger partial charge in [-0.15, -0.1) is 20.4 Å². The molecule has 0 radical (unpaired) electrons. The van der Waals surface area contributed by atoms with Crippen LogP contribution in [0.5, 0.6) is 11.5 Å². The quantitative estimate of drug-likeness (QED) is 0.121. The molecule has 0 spiro atoms. The van der Waals surface area contributed by atoms with Gasteiger partial charge in [0, 0.05) is 0 Å². The van der Waals surface area contributed by atoms with E-state index in [4.69, 9.17) is 9.47 Å². The maximum atomic E-state index is 13.0. The fourth-order valence-electron chi connectivity index (χ4n) is 4.45. The van der Waals surface area contributed by atoms with Gasteiger partial charge < -0.3 is 20.1 Å². The molecule has 3 aromatic heterocycles. The molecule has 0 aliphatic rings. The number of benzene rings is 2. The Balaban J connectivity index is 1.43. The summed E-state index contributed by atoms with van der Waals surface area (Å²) in [6.07, 6.45) is 2.35. The van der Waals surface area contributed by atoms with E-state index in [0.29, 0.717) is 22.9 Å². The standard InChI is InChI=1S/C32H26N14O6S/c1-17(47)25(29(49)37-21-9-5-7-11-23(21)51-3)39-41-27-19(13-33)15-35-45(27)31-43-44-32(53-31)46-28(20(14-34)16-36-46)42-40-26(18(2)48)30(50)38-22-10-6-8-12-24(22)52-4/h5-12,15-16,25-26H,1-4H3,(H,37,49)(H,38,50). The van der Waals surface area contributed by atoms with Crippen molar-refractivity contribution in [2.24, 2.45) is 20.5 Å². The van der Waals surface area contributed by atoms with Gasteiger partial charge in [0.2, 0.25) is 22.3 Å². The molecule has 266 valence electrons. The Kier molecular flexibility index (Phi) is 11.4. The average molecular weight is 735 g/mol. The number of nitrogens with zero attached hydrogens (tertiary/aromatic N) is 12. The lowest BCUT2D eigenvalue weighted by Gasteiger charge is -2.12. The lowest BCUT2D eigenvalue weighted by Crippen LogP contribution is -2.32. The van der Waals surface area contributed by atoms with E-state index in [0.717, 1.165) is 34.5 Å². The van der Waals surface area contributed by atoms with Gasteiger partial charge in [0.1, 0.15) is 34.8 Å². The van der Waals surface area contributed by atoms with Gasteiger partial charge in [-0.05, 0) is 38.1 Å². The van der Waals surface area contributed by atoms with Crippen molar-refractivity contribution in [2.45, 2.75) is 25.9 Å². The number of hydrogen-bond acceptors (Lipinski definition) is 17. The van der Waals surface area contributed by atoms with Crippen LogP contribution in [0.2, 0.25) is 0 Å². The number of ketones is 2. The minimum Gasteiger partial charge on any atom is -0.495 e. The first-order valence-corrected chi connectivity index (χ1v) is 15.9. The monoisotopic (exact) mass is 734 g/mol. The van der Waals surface area contributed by atoms with Crippen LogP contribution in [0.4, 0.5) is 23.0 Å². The average Bonchev–Trinajstić information content (AvgIpc) is 3.90. The summed E-state index contributed by atoms with van der Waals surface area (Å²) in [6.45, 7) is 2.32. The first kappa shape index (κ1) is 36.8. The predicted octanol–water partition coefficient (Wildman–Crippen LogP) is 4.03. The zero-order valence-corrected chi connectivity index (χ0v) is 29.0. The molecular weight excluding hydrogens is 709 g/mol. The van der Waals surface area contributed by atoms with Gasteiger partial charge in [-0.25, -0.2) is 0 Å². The Bertz CT molecular complexity index is 2190. The van der Waals surface area contributed by atoms with E-state index in [1.807, 2.05) is 12.1 Å². The molecule has 0 saturated carbocycles. The lowest BCUT2D eigenvalue weighted by molar-refractivity contribution is -0.127. The van der Waals surface area contributed by atoms with E-state index in [-0.39, 0.29) is 33.0 Å². The summed E-state index contributed by atoms with van der Waals surface area (Å²) in [5, 5.41) is 57.1. The minimum atomic E-state index is -1.60. The first-order valence-electron chi connectivity index (χ1n) is 15.1. The summed E-state index contributed by atoms with van der Waals surface area (Å²) in [5.41, 5.74) is 0.464. The summed E-state index contributed by atoms with van der Waals surface area (Å²) >= 11 is 0.857. The molecule has 3 heterocycles. The molecule has 0 saturated heterocycles. The number of anilines is 2. The molecular formula is C32H26N14O6S. The Morgan fingerprint density at radius 3 is 1.47 bits per heavy atom. The second kappa shape index (κ2) is 16.5. The van der Waals surface area contributed by atoms with Crippen LogP contribution < -0.4 is 20.1 Å². The summed E-state index contributed by atoms with van der Waals surface area (Å²) in [6, 6.07) is 13.8. The van der Waals surface area contributed by atoms with Crippen molar-refractivity contribution >= 4 is 57.7 Å². The van der Waals surface area contributed by atoms with E-state index in [2.05, 4.69) is 51.5 Å². The van der Waals surface area contributed by atoms with Crippen LogP contribution in [-0.4, -0.2) is 79.4 Å². The van der Waals surface area contributed by atoms with Crippen LogP contribution in [0.3, 0.4) is 0 Å². The number of carbonyl (C=O) groups is 4. The van der Waals surface area contributed by atoms with Crippen LogP contribution in [0.25, 0.3) is 10.3 Å². The number of nitrogens with one attached hydrogen (secondary N) is 2. The number of ether oxygens (including phenoxy) is 2. The highest BCUT2D eigenvalue weighted by atomic mass is 32.1. The van der Waals surface area contributed by atoms with Gasteiger partial charge in [0.05, 0.1) is 38.0 Å². The molecule has 5 rings (SSSR count). The number of aromatic nitrogens is 6. The topological polar surface area (TPSA) is 269 Å². The Labute approximate surface area is 303 Å². The predicted molar refractivity (Wildman–Crippen MR) is 185 cm³/mol. The molecule has 2 atom stereocenters. The van der Waals surface area contributed by atoms with E-state index in [9.17, 15) is 29.7 Å². The number of para-hydroxylation sites is 4. The van der Waals surface area contributed by atoms with Crippen LogP contribution in [0.15, 0.2) is 81.4 Å². The third kappa shape index (κ3) is 8.11. The maximum Gasteiger partial charge on any atom is 0.258 e. The molecule has 0 fully saturated rings. The number of hydrogen-bond donors (Lipinski definition) is 2. The van der Waals surface area contributed by atoms with Crippen LogP contribution >= 0.6 is 11.3 Å². The molecule has 0 bridgehead atoms. The number of carbonyl (C=O) groups excluding carboxylic acids is 4. The number of Topliss-reactive ketones (excluding diaryl/α,β-unsaturated/α-hetero) is 2. The molecule has 5 aromatic rings. The summed E-state index contributed by atoms with van der Waals surface area (Å²) in [4.78, 5) is 51.0. The van der Waals surface area contributed by atoms with Crippen molar-refractivity contribution in [1.82, 2.24) is 29.8 Å². The van der Waals surface area contributed by atoms with Crippen LogP contribution in [-0.2, 0) is 19.2 Å². The van der Waals surface area contributed by atoms with Crippen LogP contribution in [0, 0.1) is 22.7 Å². The minimum absolute atomic E-state index is 0.0305. The lowest BCUT2D eigenvalue weighted by atomic mass is 10.2. The molecule has 2 aromatic carbocycles. The summed E-state index contributed by atoms with van der Waals surface area (Å²) in [5.74, 6) is -2.50. The second-order valence-electron chi connectivity index (χ2n) is 10.5. The van der Waals surface area contributed by atoms with Crippen molar-refractivity contribution in [3.63, 3.8) is 0 Å². The molecule has 2 amide bonds. The molecule has 20 nitrogen and oxygen atoms in total. The largest absolute Gasteiger partial charge is 0.495 e. The van der Waals surface area contributed by atoms with Gasteiger partial charge in [0.25, 0.3) is 11.8 Å². The number of amides is 2. The molecule has 21 heteroatoms. The highest BCUT2D eigenvalue weighted by Gasteiger charge is 2.27. The zero-order valence-electron chi connectivity index (χ0n) is 28.2. The van der Waals surface area contributed by atoms with Crippen LogP contribution in [0.1, 0.15) is 25.0 Å². The number of azo groups is 2. The fraction of sp³-hybridized carbons (Fsp3) is 0.188. The van der Waals surface area contributed by atoms with Crippen molar-refractivity contribution in [3.05, 3.63) is 72.1 Å². The Morgan fingerprint density at radius 1 is 0.717 bits per heavy atom. The molecule has 53 heavy (non-hydrogen) atoms. The molecule has 2 unspecified atom stereocenters. The van der Waals surface area contributed by atoms with E-state index >= 15 is 0 Å². The van der Waals surface area contributed by atoms with Crippen molar-refractivity contribution in [3.8, 4) is 33.9 Å². The SMILES string of the molecule is COc1ccccc1NC(=O)C(N=Nc1c(C#N)cnn1-c1nnc(-n2ncc(C#N)c2N=NC(C(C)=O)C(=O)Nc2ccccc2OC)s1)C(C)=O. The van der Waals surface area contributed by atoms with E-state index in [1.165, 1.54) is 26.6 Å². The van der Waals surface area contributed by atoms with Gasteiger partial charge in [-0.1, -0.05) is 35.6 Å². The third-order valence-electron chi connectivity index (χ3n) is 7.03. The summed E-state index contributed by atoms with van der Waals surface area (Å²) in [7, 11) is 2.85. The van der Waals surface area contributed by atoms with Crippen molar-refractivity contribution in [1.29, 1.82) is 10.5 Å². The normalized spacial score (nSPS) is 12.1. The van der Waals surface area contributed by atoms with Crippen molar-refractivity contribution < 1.29 is 28.7 Å². The van der Waals surface area contributed by atoms with E-state index in [1.54, 1.807) is 48.5 Å². The molecule has 2 N–H and O–H groups in total. The van der Waals surface area contributed by atoms with Gasteiger partial charge in [0.15, 0.2) is 23.2 Å².